The second-order valence-electron chi connectivity index (χ2n) is 7.41. The van der Waals surface area contributed by atoms with E-state index in [1.54, 1.807) is 12.0 Å². The van der Waals surface area contributed by atoms with Crippen LogP contribution in [0.5, 0.6) is 5.75 Å². The van der Waals surface area contributed by atoms with E-state index in [4.69, 9.17) is 4.74 Å². The number of hydrogen-bond acceptors (Lipinski definition) is 3. The van der Waals surface area contributed by atoms with E-state index in [0.29, 0.717) is 12.1 Å². The van der Waals surface area contributed by atoms with E-state index >= 15 is 0 Å². The van der Waals surface area contributed by atoms with Crippen molar-refractivity contribution in [1.82, 2.24) is 4.90 Å². The minimum Gasteiger partial charge on any atom is -0.503 e. The standard InChI is InChI=1S/C26H25NO3/c1-3-18-12-14-21(15-13-18)24-23(20-9-5-4-6-10-20)25(28)26(29)27(24)17-19-8-7-11-22(16-19)30-2/h4-16,24,28H,3,17H2,1-2H3/t24-/m0/s1. The Balaban J connectivity index is 1.78. The molecule has 4 nitrogen and oxygen atoms in total. The van der Waals surface area contributed by atoms with Crippen molar-refractivity contribution in [2.24, 2.45) is 0 Å². The highest BCUT2D eigenvalue weighted by Crippen LogP contribution is 2.43. The third-order valence-electron chi connectivity index (χ3n) is 5.58. The molecule has 0 aliphatic carbocycles. The van der Waals surface area contributed by atoms with Crippen molar-refractivity contribution in [3.8, 4) is 5.75 Å². The number of carbonyl (C=O) groups excluding carboxylic acids is 1. The van der Waals surface area contributed by atoms with Crippen LogP contribution in [0.15, 0.2) is 84.6 Å². The molecule has 1 atom stereocenters. The molecule has 1 heterocycles. The Kier molecular flexibility index (Phi) is 5.57. The van der Waals surface area contributed by atoms with E-state index in [9.17, 15) is 9.90 Å². The van der Waals surface area contributed by atoms with Gasteiger partial charge in [0.15, 0.2) is 5.76 Å². The number of aryl methyl sites for hydroxylation is 1. The average Bonchev–Trinajstić information content (AvgIpc) is 3.04. The number of methoxy groups -OCH3 is 1. The fraction of sp³-hybridized carbons (Fsp3) is 0.192. The molecule has 152 valence electrons. The number of benzene rings is 3. The lowest BCUT2D eigenvalue weighted by Gasteiger charge is -2.28. The van der Waals surface area contributed by atoms with Crippen molar-refractivity contribution in [2.45, 2.75) is 25.9 Å². The van der Waals surface area contributed by atoms with Crippen molar-refractivity contribution in [1.29, 1.82) is 0 Å². The van der Waals surface area contributed by atoms with E-state index in [1.165, 1.54) is 5.56 Å². The third kappa shape index (κ3) is 3.69. The summed E-state index contributed by atoms with van der Waals surface area (Å²) < 4.78 is 5.33. The first-order chi connectivity index (χ1) is 14.6. The first-order valence-corrected chi connectivity index (χ1v) is 10.1. The molecule has 3 aromatic rings. The molecule has 0 saturated carbocycles. The van der Waals surface area contributed by atoms with Gasteiger partial charge in [-0.05, 0) is 40.8 Å². The Labute approximate surface area is 177 Å². The van der Waals surface area contributed by atoms with Crippen LogP contribution >= 0.6 is 0 Å². The number of nitrogens with zero attached hydrogens (tertiary/aromatic N) is 1. The number of amides is 1. The normalized spacial score (nSPS) is 16.3. The highest BCUT2D eigenvalue weighted by Gasteiger charge is 2.40. The van der Waals surface area contributed by atoms with Gasteiger partial charge < -0.3 is 14.7 Å². The number of rotatable bonds is 6. The van der Waals surface area contributed by atoms with Crippen LogP contribution < -0.4 is 4.74 Å². The third-order valence-corrected chi connectivity index (χ3v) is 5.58. The maximum absolute atomic E-state index is 13.1. The van der Waals surface area contributed by atoms with E-state index in [1.807, 2.05) is 54.6 Å². The van der Waals surface area contributed by atoms with Gasteiger partial charge in [0.1, 0.15) is 5.75 Å². The predicted octanol–water partition coefficient (Wildman–Crippen LogP) is 5.31. The van der Waals surface area contributed by atoms with E-state index < -0.39 is 0 Å². The van der Waals surface area contributed by atoms with Gasteiger partial charge in [-0.1, -0.05) is 73.7 Å². The lowest BCUT2D eigenvalue weighted by atomic mass is 9.92. The van der Waals surface area contributed by atoms with Crippen LogP contribution in [0.3, 0.4) is 0 Å². The Morgan fingerprint density at radius 2 is 1.67 bits per heavy atom. The maximum atomic E-state index is 13.1. The van der Waals surface area contributed by atoms with Gasteiger partial charge in [-0.2, -0.15) is 0 Å². The largest absolute Gasteiger partial charge is 0.503 e. The minimum atomic E-state index is -0.364. The summed E-state index contributed by atoms with van der Waals surface area (Å²) in [6.45, 7) is 2.49. The van der Waals surface area contributed by atoms with Crippen LogP contribution in [0.1, 0.15) is 35.2 Å². The molecule has 1 aliphatic rings. The monoisotopic (exact) mass is 399 g/mol. The van der Waals surface area contributed by atoms with Crippen molar-refractivity contribution in [2.75, 3.05) is 7.11 Å². The summed E-state index contributed by atoms with van der Waals surface area (Å²) >= 11 is 0. The first-order valence-electron chi connectivity index (χ1n) is 10.1. The van der Waals surface area contributed by atoms with Gasteiger partial charge in [0, 0.05) is 12.1 Å². The summed E-state index contributed by atoms with van der Waals surface area (Å²) in [6, 6.07) is 25.2. The highest BCUT2D eigenvalue weighted by molar-refractivity contribution is 6.05. The molecule has 30 heavy (non-hydrogen) atoms. The molecule has 4 heteroatoms. The molecule has 0 unspecified atom stereocenters. The molecule has 3 aromatic carbocycles. The SMILES string of the molecule is CCc1ccc([C@H]2C(c3ccccc3)=C(O)C(=O)N2Cc2cccc(OC)c2)cc1. The smallest absolute Gasteiger partial charge is 0.290 e. The van der Waals surface area contributed by atoms with E-state index in [2.05, 4.69) is 31.2 Å². The van der Waals surface area contributed by atoms with Gasteiger partial charge in [-0.15, -0.1) is 0 Å². The van der Waals surface area contributed by atoms with Crippen LogP contribution in [-0.2, 0) is 17.8 Å². The van der Waals surface area contributed by atoms with Gasteiger partial charge in [0.25, 0.3) is 5.91 Å². The lowest BCUT2D eigenvalue weighted by Crippen LogP contribution is -2.29. The van der Waals surface area contributed by atoms with Crippen LogP contribution in [0, 0.1) is 0 Å². The zero-order chi connectivity index (χ0) is 21.1. The van der Waals surface area contributed by atoms with Gasteiger partial charge >= 0.3 is 0 Å². The molecule has 0 saturated heterocycles. The van der Waals surface area contributed by atoms with Crippen LogP contribution in [0.25, 0.3) is 5.57 Å². The predicted molar refractivity (Wildman–Crippen MR) is 118 cm³/mol. The summed E-state index contributed by atoms with van der Waals surface area (Å²) in [5, 5.41) is 10.9. The fourth-order valence-electron chi connectivity index (χ4n) is 3.98. The van der Waals surface area contributed by atoms with Crippen molar-refractivity contribution in [3.63, 3.8) is 0 Å². The molecule has 0 fully saturated rings. The van der Waals surface area contributed by atoms with Crippen molar-refractivity contribution >= 4 is 11.5 Å². The zero-order valence-corrected chi connectivity index (χ0v) is 17.2. The van der Waals surface area contributed by atoms with Gasteiger partial charge in [0.05, 0.1) is 13.2 Å². The van der Waals surface area contributed by atoms with Crippen LogP contribution in [-0.4, -0.2) is 23.0 Å². The van der Waals surface area contributed by atoms with Crippen LogP contribution in [0.2, 0.25) is 0 Å². The Hall–Kier alpha value is -3.53. The molecule has 0 aromatic heterocycles. The number of aliphatic hydroxyl groups is 1. The van der Waals surface area contributed by atoms with Gasteiger partial charge in [-0.25, -0.2) is 0 Å². The summed E-state index contributed by atoms with van der Waals surface area (Å²) in [7, 11) is 1.62. The van der Waals surface area contributed by atoms with Crippen LogP contribution in [0.4, 0.5) is 0 Å². The van der Waals surface area contributed by atoms with E-state index in [-0.39, 0.29) is 17.7 Å². The molecule has 4 rings (SSSR count). The van der Waals surface area contributed by atoms with Crippen molar-refractivity contribution in [3.05, 3.63) is 107 Å². The summed E-state index contributed by atoms with van der Waals surface area (Å²) in [5.41, 5.74) is 4.65. The molecular weight excluding hydrogens is 374 g/mol. The Bertz CT molecular complexity index is 1070. The first kappa shape index (κ1) is 19.8. The van der Waals surface area contributed by atoms with E-state index in [0.717, 1.165) is 28.9 Å². The molecule has 0 radical (unpaired) electrons. The topological polar surface area (TPSA) is 49.8 Å². The second-order valence-corrected chi connectivity index (χ2v) is 7.41. The second kappa shape index (κ2) is 8.46. The van der Waals surface area contributed by atoms with Crippen molar-refractivity contribution < 1.29 is 14.6 Å². The number of hydrogen-bond donors (Lipinski definition) is 1. The molecule has 1 aliphatic heterocycles. The quantitative estimate of drug-likeness (QED) is 0.611. The molecular formula is C26H25NO3. The highest BCUT2D eigenvalue weighted by atomic mass is 16.5. The average molecular weight is 399 g/mol. The van der Waals surface area contributed by atoms with Gasteiger partial charge in [-0.3, -0.25) is 4.79 Å². The summed E-state index contributed by atoms with van der Waals surface area (Å²) in [6.07, 6.45) is 0.948. The Morgan fingerprint density at radius 1 is 0.933 bits per heavy atom. The zero-order valence-electron chi connectivity index (χ0n) is 17.2. The number of aliphatic hydroxyl groups excluding tert-OH is 1. The summed E-state index contributed by atoms with van der Waals surface area (Å²) in [4.78, 5) is 14.9. The van der Waals surface area contributed by atoms with Gasteiger partial charge in [0.2, 0.25) is 0 Å². The summed E-state index contributed by atoms with van der Waals surface area (Å²) in [5.74, 6) is 0.193. The Morgan fingerprint density at radius 3 is 2.33 bits per heavy atom. The molecule has 1 N–H and O–H groups in total. The minimum absolute atomic E-state index is 0.186. The number of ether oxygens (including phenoxy) is 1. The maximum Gasteiger partial charge on any atom is 0.290 e. The fourth-order valence-corrected chi connectivity index (χ4v) is 3.98. The number of carbonyl (C=O) groups is 1. The molecule has 0 spiro atoms. The molecule has 0 bridgehead atoms. The molecule has 1 amide bonds. The lowest BCUT2D eigenvalue weighted by molar-refractivity contribution is -0.130.